The molecule has 1 rings (SSSR count). The second-order valence-electron chi connectivity index (χ2n) is 8.55. The van der Waals surface area contributed by atoms with E-state index >= 15 is 0 Å². The summed E-state index contributed by atoms with van der Waals surface area (Å²) in [6.45, 7) is 10.1. The molecule has 1 aromatic rings. The largest absolute Gasteiger partial charge is 0.507 e. The van der Waals surface area contributed by atoms with Crippen LogP contribution in [0.25, 0.3) is 0 Å². The summed E-state index contributed by atoms with van der Waals surface area (Å²) in [6.07, 6.45) is 0.803. The molecule has 0 heterocycles. The molecule has 0 aromatic heterocycles. The summed E-state index contributed by atoms with van der Waals surface area (Å²) in [4.78, 5) is 39.5. The molecule has 0 radical (unpaired) electrons. The second-order valence-corrected chi connectivity index (χ2v) is 8.55. The maximum absolute atomic E-state index is 13.2. The average Bonchev–Trinajstić information content (AvgIpc) is 2.68. The van der Waals surface area contributed by atoms with Gasteiger partial charge < -0.3 is 25.4 Å². The first-order chi connectivity index (χ1) is 14.9. The van der Waals surface area contributed by atoms with Crippen molar-refractivity contribution in [1.29, 1.82) is 5.26 Å². The number of ether oxygens (including phenoxy) is 1. The number of hydrogen-bond acceptors (Lipinski definition) is 6. The standard InChI is InChI=1S/C23H34N4O5/c1-7-8-13-25-20(29)18(17-11-9-10-15(2)19(17)28)27(14-12-24)21(30)16(3)26-22(31)32-23(4,5)6/h9-11,16,18,28H,7-8,13-14H2,1-6H3,(H,25,29)(H,26,31). The summed E-state index contributed by atoms with van der Waals surface area (Å²) in [5.41, 5.74) is -0.0287. The number of carbonyl (C=O) groups excluding carboxylic acids is 3. The predicted octanol–water partition coefficient (Wildman–Crippen LogP) is 2.92. The Hall–Kier alpha value is -3.28. The molecule has 3 amide bonds. The zero-order valence-corrected chi connectivity index (χ0v) is 19.7. The van der Waals surface area contributed by atoms with E-state index in [1.165, 1.54) is 13.0 Å². The maximum Gasteiger partial charge on any atom is 0.408 e. The van der Waals surface area contributed by atoms with Crippen LogP contribution in [-0.4, -0.2) is 52.6 Å². The van der Waals surface area contributed by atoms with Crippen molar-refractivity contribution in [3.05, 3.63) is 29.3 Å². The lowest BCUT2D eigenvalue weighted by atomic mass is 9.99. The van der Waals surface area contributed by atoms with Gasteiger partial charge in [-0.05, 0) is 46.6 Å². The third-order valence-electron chi connectivity index (χ3n) is 4.58. The Labute approximate surface area is 189 Å². The number of unbranched alkanes of at least 4 members (excludes halogenated alkanes) is 1. The monoisotopic (exact) mass is 446 g/mol. The fraction of sp³-hybridized carbons (Fsp3) is 0.565. The van der Waals surface area contributed by atoms with E-state index in [2.05, 4.69) is 10.6 Å². The van der Waals surface area contributed by atoms with Crippen LogP contribution in [0.3, 0.4) is 0 Å². The van der Waals surface area contributed by atoms with Crippen LogP contribution >= 0.6 is 0 Å². The fourth-order valence-electron chi connectivity index (χ4n) is 3.01. The summed E-state index contributed by atoms with van der Waals surface area (Å²) in [5, 5.41) is 25.2. The highest BCUT2D eigenvalue weighted by Gasteiger charge is 2.36. The normalized spacial score (nSPS) is 12.8. The number of aromatic hydroxyl groups is 1. The van der Waals surface area contributed by atoms with Gasteiger partial charge in [-0.1, -0.05) is 31.5 Å². The number of alkyl carbamates (subject to hydrolysis) is 1. The number of rotatable bonds is 9. The lowest BCUT2D eigenvalue weighted by molar-refractivity contribution is -0.141. The van der Waals surface area contributed by atoms with E-state index in [1.54, 1.807) is 39.8 Å². The topological polar surface area (TPSA) is 132 Å². The van der Waals surface area contributed by atoms with Crippen LogP contribution in [0, 0.1) is 18.3 Å². The molecule has 32 heavy (non-hydrogen) atoms. The number of phenols is 1. The Morgan fingerprint density at radius 3 is 2.50 bits per heavy atom. The number of carbonyl (C=O) groups is 3. The van der Waals surface area contributed by atoms with Crippen LogP contribution < -0.4 is 10.6 Å². The van der Waals surface area contributed by atoms with Crippen molar-refractivity contribution in [1.82, 2.24) is 15.5 Å². The zero-order valence-electron chi connectivity index (χ0n) is 19.7. The number of benzene rings is 1. The molecule has 0 saturated heterocycles. The Kier molecular flexibility index (Phi) is 9.98. The van der Waals surface area contributed by atoms with Crippen molar-refractivity contribution in [3.8, 4) is 11.8 Å². The highest BCUT2D eigenvalue weighted by molar-refractivity contribution is 5.92. The van der Waals surface area contributed by atoms with Crippen molar-refractivity contribution >= 4 is 17.9 Å². The first-order valence-electron chi connectivity index (χ1n) is 10.7. The van der Waals surface area contributed by atoms with Crippen LogP contribution in [0.2, 0.25) is 0 Å². The highest BCUT2D eigenvalue weighted by Crippen LogP contribution is 2.32. The van der Waals surface area contributed by atoms with Crippen LogP contribution in [0.5, 0.6) is 5.75 Å². The number of aryl methyl sites for hydroxylation is 1. The zero-order chi connectivity index (χ0) is 24.5. The average molecular weight is 447 g/mol. The van der Waals surface area contributed by atoms with E-state index in [0.717, 1.165) is 17.7 Å². The second kappa shape index (κ2) is 11.9. The predicted molar refractivity (Wildman–Crippen MR) is 120 cm³/mol. The molecule has 0 aliphatic heterocycles. The van der Waals surface area contributed by atoms with Gasteiger partial charge in [0.05, 0.1) is 6.07 Å². The number of amides is 3. The number of hydrogen-bond donors (Lipinski definition) is 3. The SMILES string of the molecule is CCCCNC(=O)C(c1cccc(C)c1O)N(CC#N)C(=O)C(C)NC(=O)OC(C)(C)C. The quantitative estimate of drug-likeness (QED) is 0.395. The molecule has 0 bridgehead atoms. The molecule has 176 valence electrons. The van der Waals surface area contributed by atoms with E-state index < -0.39 is 42.1 Å². The molecule has 0 aliphatic carbocycles. The summed E-state index contributed by atoms with van der Waals surface area (Å²) < 4.78 is 5.19. The van der Waals surface area contributed by atoms with Gasteiger partial charge in [0.15, 0.2) is 0 Å². The van der Waals surface area contributed by atoms with Gasteiger partial charge in [-0.2, -0.15) is 5.26 Å². The Bertz CT molecular complexity index is 857. The van der Waals surface area contributed by atoms with Gasteiger partial charge >= 0.3 is 6.09 Å². The molecule has 0 fully saturated rings. The maximum atomic E-state index is 13.2. The van der Waals surface area contributed by atoms with Crippen molar-refractivity contribution < 1.29 is 24.2 Å². The van der Waals surface area contributed by atoms with Gasteiger partial charge in [0.2, 0.25) is 11.8 Å². The molecule has 0 saturated carbocycles. The smallest absolute Gasteiger partial charge is 0.408 e. The first-order valence-corrected chi connectivity index (χ1v) is 10.7. The molecule has 3 N–H and O–H groups in total. The molecule has 2 unspecified atom stereocenters. The number of nitriles is 1. The Morgan fingerprint density at radius 1 is 1.28 bits per heavy atom. The Balaban J connectivity index is 3.29. The summed E-state index contributed by atoms with van der Waals surface area (Å²) in [5.74, 6) is -1.31. The molecule has 9 heteroatoms. The minimum atomic E-state index is -1.25. The van der Waals surface area contributed by atoms with Gasteiger partial charge in [0.25, 0.3) is 0 Å². The van der Waals surface area contributed by atoms with Gasteiger partial charge in [0, 0.05) is 12.1 Å². The fourth-order valence-corrected chi connectivity index (χ4v) is 3.01. The van der Waals surface area contributed by atoms with Crippen molar-refractivity contribution in [2.24, 2.45) is 0 Å². The van der Waals surface area contributed by atoms with E-state index in [9.17, 15) is 24.8 Å². The minimum absolute atomic E-state index is 0.133. The molecule has 1 aromatic carbocycles. The molecule has 2 atom stereocenters. The van der Waals surface area contributed by atoms with Gasteiger partial charge in [-0.25, -0.2) is 4.79 Å². The summed E-state index contributed by atoms with van der Waals surface area (Å²) in [7, 11) is 0. The number of para-hydroxylation sites is 1. The van der Waals surface area contributed by atoms with E-state index in [4.69, 9.17) is 4.74 Å². The van der Waals surface area contributed by atoms with Crippen LogP contribution in [0.4, 0.5) is 4.79 Å². The van der Waals surface area contributed by atoms with Crippen molar-refractivity contribution in [2.75, 3.05) is 13.1 Å². The Morgan fingerprint density at radius 2 is 1.94 bits per heavy atom. The van der Waals surface area contributed by atoms with Gasteiger partial charge in [-0.15, -0.1) is 0 Å². The summed E-state index contributed by atoms with van der Waals surface area (Å²) in [6, 6.07) is 4.45. The lowest BCUT2D eigenvalue weighted by Crippen LogP contribution is -2.52. The highest BCUT2D eigenvalue weighted by atomic mass is 16.6. The van der Waals surface area contributed by atoms with Crippen LogP contribution in [0.1, 0.15) is 64.6 Å². The first kappa shape index (κ1) is 26.8. The van der Waals surface area contributed by atoms with Crippen molar-refractivity contribution in [2.45, 2.75) is 72.1 Å². The van der Waals surface area contributed by atoms with Gasteiger partial charge in [0.1, 0.15) is 30.0 Å². The van der Waals surface area contributed by atoms with E-state index in [-0.39, 0.29) is 11.3 Å². The third kappa shape index (κ3) is 7.76. The number of nitrogens with one attached hydrogen (secondary N) is 2. The molecule has 9 nitrogen and oxygen atoms in total. The van der Waals surface area contributed by atoms with Crippen molar-refractivity contribution in [3.63, 3.8) is 0 Å². The van der Waals surface area contributed by atoms with E-state index in [0.29, 0.717) is 12.1 Å². The third-order valence-corrected chi connectivity index (χ3v) is 4.58. The van der Waals surface area contributed by atoms with Gasteiger partial charge in [-0.3, -0.25) is 9.59 Å². The minimum Gasteiger partial charge on any atom is -0.507 e. The summed E-state index contributed by atoms with van der Waals surface area (Å²) >= 11 is 0. The van der Waals surface area contributed by atoms with E-state index in [1.807, 2.05) is 13.0 Å². The molecular formula is C23H34N4O5. The molecule has 0 spiro atoms. The lowest BCUT2D eigenvalue weighted by Gasteiger charge is -2.32. The van der Waals surface area contributed by atoms with Crippen LogP contribution in [0.15, 0.2) is 18.2 Å². The number of nitrogens with zero attached hydrogens (tertiary/aromatic N) is 2. The van der Waals surface area contributed by atoms with Crippen LogP contribution in [-0.2, 0) is 14.3 Å². The number of phenolic OH excluding ortho intramolecular Hbond substituents is 1. The molecule has 0 aliphatic rings. The molecular weight excluding hydrogens is 412 g/mol.